The van der Waals surface area contributed by atoms with Crippen molar-refractivity contribution in [2.24, 2.45) is 10.8 Å². The minimum Gasteiger partial charge on any atom is -0.459 e. The molecule has 3 N–H and O–H groups in total. The molecular formula is C17H20FN5OS. The fraction of sp³-hybridized carbons (Fsp3) is 0.294. The van der Waals surface area contributed by atoms with Crippen LogP contribution in [0, 0.1) is 5.82 Å². The third-order valence-electron chi connectivity index (χ3n) is 3.97. The lowest BCUT2D eigenvalue weighted by atomic mass is 10.2. The van der Waals surface area contributed by atoms with Gasteiger partial charge in [-0.25, -0.2) is 4.39 Å². The first kappa shape index (κ1) is 17.4. The van der Waals surface area contributed by atoms with Crippen LogP contribution < -0.4 is 16.1 Å². The summed E-state index contributed by atoms with van der Waals surface area (Å²) in [4.78, 5) is 4.50. The van der Waals surface area contributed by atoms with Crippen LogP contribution >= 0.6 is 12.2 Å². The number of thiocarbonyl (C=S) groups is 1. The van der Waals surface area contributed by atoms with E-state index in [0.717, 1.165) is 44.2 Å². The van der Waals surface area contributed by atoms with Crippen molar-refractivity contribution in [3.05, 3.63) is 53.7 Å². The summed E-state index contributed by atoms with van der Waals surface area (Å²) in [5.74, 6) is 1.31. The van der Waals surface area contributed by atoms with Gasteiger partial charge in [-0.05, 0) is 42.5 Å². The molecule has 0 spiro atoms. The second kappa shape index (κ2) is 8.09. The zero-order valence-electron chi connectivity index (χ0n) is 13.7. The van der Waals surface area contributed by atoms with Crippen LogP contribution in [0.3, 0.4) is 0 Å². The van der Waals surface area contributed by atoms with E-state index in [1.807, 2.05) is 18.2 Å². The Morgan fingerprint density at radius 2 is 2.08 bits per heavy atom. The molecule has 0 unspecified atom stereocenters. The van der Waals surface area contributed by atoms with E-state index in [2.05, 4.69) is 32.5 Å². The van der Waals surface area contributed by atoms with E-state index >= 15 is 0 Å². The van der Waals surface area contributed by atoms with Crippen LogP contribution in [0.2, 0.25) is 0 Å². The van der Waals surface area contributed by atoms with Crippen LogP contribution in [0.5, 0.6) is 0 Å². The summed E-state index contributed by atoms with van der Waals surface area (Å²) >= 11 is 4.67. The van der Waals surface area contributed by atoms with Crippen molar-refractivity contribution in [1.82, 2.24) is 10.3 Å². The number of nitrogens with two attached hydrogens (primary N) is 1. The van der Waals surface area contributed by atoms with Crippen molar-refractivity contribution in [2.75, 3.05) is 31.1 Å². The Morgan fingerprint density at radius 3 is 2.80 bits per heavy atom. The average molecular weight is 361 g/mol. The van der Waals surface area contributed by atoms with Gasteiger partial charge in [0.1, 0.15) is 17.3 Å². The van der Waals surface area contributed by atoms with Crippen LogP contribution in [0.4, 0.5) is 10.1 Å². The minimum atomic E-state index is -0.199. The van der Waals surface area contributed by atoms with E-state index < -0.39 is 0 Å². The van der Waals surface area contributed by atoms with E-state index in [9.17, 15) is 4.39 Å². The average Bonchev–Trinajstić information content (AvgIpc) is 3.02. The van der Waals surface area contributed by atoms with Crippen LogP contribution in [0.1, 0.15) is 11.5 Å². The van der Waals surface area contributed by atoms with Gasteiger partial charge in [-0.15, -0.1) is 0 Å². The lowest BCUT2D eigenvalue weighted by Crippen LogP contribution is -2.45. The first-order valence-electron chi connectivity index (χ1n) is 8.00. The van der Waals surface area contributed by atoms with Crippen molar-refractivity contribution < 1.29 is 8.81 Å². The summed E-state index contributed by atoms with van der Waals surface area (Å²) in [6.07, 6.45) is 1.53. The highest BCUT2D eigenvalue weighted by Crippen LogP contribution is 2.18. The minimum absolute atomic E-state index is 0.110. The maximum Gasteiger partial charge on any atom is 0.184 e. The van der Waals surface area contributed by atoms with Gasteiger partial charge in [-0.2, -0.15) is 5.10 Å². The molecule has 2 aromatic rings. The topological polar surface area (TPSA) is 70.0 Å². The van der Waals surface area contributed by atoms with Gasteiger partial charge in [-0.1, -0.05) is 6.07 Å². The first-order chi connectivity index (χ1) is 12.1. The summed E-state index contributed by atoms with van der Waals surface area (Å²) in [7, 11) is 0. The molecule has 3 rings (SSSR count). The molecule has 8 heteroatoms. The van der Waals surface area contributed by atoms with Gasteiger partial charge in [0.2, 0.25) is 0 Å². The third kappa shape index (κ3) is 5.01. The monoisotopic (exact) mass is 361 g/mol. The van der Waals surface area contributed by atoms with Crippen molar-refractivity contribution >= 4 is 29.2 Å². The molecule has 0 amide bonds. The lowest BCUT2D eigenvalue weighted by molar-refractivity contribution is 0.230. The number of halogens is 1. The Bertz CT molecular complexity index is 755. The maximum absolute atomic E-state index is 13.3. The predicted molar refractivity (Wildman–Crippen MR) is 100 cm³/mol. The molecule has 25 heavy (non-hydrogen) atoms. The first-order valence-corrected chi connectivity index (χ1v) is 8.41. The summed E-state index contributed by atoms with van der Waals surface area (Å²) in [6, 6.07) is 10.5. The van der Waals surface area contributed by atoms with Gasteiger partial charge >= 0.3 is 0 Å². The largest absolute Gasteiger partial charge is 0.459 e. The van der Waals surface area contributed by atoms with Crippen LogP contribution in [-0.2, 0) is 6.54 Å². The van der Waals surface area contributed by atoms with Gasteiger partial charge in [0.05, 0.1) is 12.8 Å². The van der Waals surface area contributed by atoms with Crippen molar-refractivity contribution in [3.8, 4) is 0 Å². The summed E-state index contributed by atoms with van der Waals surface area (Å²) in [6.45, 7) is 4.23. The molecular weight excluding hydrogens is 341 g/mol. The molecule has 1 aromatic heterocycles. The standard InChI is InChI=1S/C17H20FN5OS/c18-13-2-1-3-14(10-13)23-8-6-22(7-9-23)12-16-5-4-15(24-16)11-20-21-17(19)25/h1-5,10-11H,6-9,12H2,(H3,19,21,25). The van der Waals surface area contributed by atoms with Crippen molar-refractivity contribution in [1.29, 1.82) is 0 Å². The van der Waals surface area contributed by atoms with E-state index in [-0.39, 0.29) is 10.9 Å². The van der Waals surface area contributed by atoms with E-state index in [1.165, 1.54) is 12.3 Å². The SMILES string of the molecule is NC(=S)NN=Cc1ccc(CN2CCN(c3cccc(F)c3)CC2)o1. The number of piperazine rings is 1. The quantitative estimate of drug-likeness (QED) is 0.482. The molecule has 0 saturated carbocycles. The number of anilines is 1. The van der Waals surface area contributed by atoms with E-state index in [0.29, 0.717) is 5.76 Å². The zero-order chi connectivity index (χ0) is 17.6. The van der Waals surface area contributed by atoms with Gasteiger partial charge in [0.15, 0.2) is 5.11 Å². The predicted octanol–water partition coefficient (Wildman–Crippen LogP) is 1.91. The number of hydrazone groups is 1. The molecule has 2 heterocycles. The molecule has 1 aromatic carbocycles. The summed E-state index contributed by atoms with van der Waals surface area (Å²) in [5, 5.41) is 3.98. The number of hydrogen-bond acceptors (Lipinski definition) is 5. The molecule has 132 valence electrons. The van der Waals surface area contributed by atoms with E-state index in [1.54, 1.807) is 12.1 Å². The zero-order valence-corrected chi connectivity index (χ0v) is 14.5. The Hall–Kier alpha value is -2.45. The molecule has 0 atom stereocenters. The third-order valence-corrected chi connectivity index (χ3v) is 4.07. The lowest BCUT2D eigenvalue weighted by Gasteiger charge is -2.35. The van der Waals surface area contributed by atoms with Crippen molar-refractivity contribution in [3.63, 3.8) is 0 Å². The van der Waals surface area contributed by atoms with Crippen LogP contribution in [-0.4, -0.2) is 42.4 Å². The second-order valence-electron chi connectivity index (χ2n) is 5.78. The Kier molecular flexibility index (Phi) is 5.62. The number of hydrogen-bond donors (Lipinski definition) is 2. The fourth-order valence-electron chi connectivity index (χ4n) is 2.77. The molecule has 1 fully saturated rings. The number of benzene rings is 1. The Morgan fingerprint density at radius 1 is 1.28 bits per heavy atom. The number of nitrogens with one attached hydrogen (secondary N) is 1. The highest BCUT2D eigenvalue weighted by atomic mass is 32.1. The van der Waals surface area contributed by atoms with Gasteiger partial charge in [-0.3, -0.25) is 10.3 Å². The molecule has 1 saturated heterocycles. The molecule has 0 radical (unpaired) electrons. The fourth-order valence-corrected chi connectivity index (χ4v) is 2.82. The normalized spacial score (nSPS) is 15.6. The molecule has 1 aliphatic rings. The van der Waals surface area contributed by atoms with Gasteiger partial charge in [0, 0.05) is 31.9 Å². The molecule has 0 aliphatic carbocycles. The van der Waals surface area contributed by atoms with Crippen LogP contribution in [0.15, 0.2) is 45.9 Å². The number of furan rings is 1. The summed E-state index contributed by atoms with van der Waals surface area (Å²) in [5.41, 5.74) is 8.71. The van der Waals surface area contributed by atoms with Gasteiger partial charge in [0.25, 0.3) is 0 Å². The van der Waals surface area contributed by atoms with Gasteiger partial charge < -0.3 is 15.1 Å². The molecule has 1 aliphatic heterocycles. The Labute approximate surface area is 151 Å². The van der Waals surface area contributed by atoms with Crippen LogP contribution in [0.25, 0.3) is 0 Å². The Balaban J connectivity index is 1.50. The smallest absolute Gasteiger partial charge is 0.184 e. The number of rotatable bonds is 5. The summed E-state index contributed by atoms with van der Waals surface area (Å²) < 4.78 is 19.1. The maximum atomic E-state index is 13.3. The second-order valence-corrected chi connectivity index (χ2v) is 6.22. The van der Waals surface area contributed by atoms with Crippen molar-refractivity contribution in [2.45, 2.75) is 6.54 Å². The molecule has 6 nitrogen and oxygen atoms in total. The molecule has 0 bridgehead atoms. The number of nitrogens with zero attached hydrogens (tertiary/aromatic N) is 3. The van der Waals surface area contributed by atoms with E-state index in [4.69, 9.17) is 10.2 Å². The highest BCUT2D eigenvalue weighted by molar-refractivity contribution is 7.80. The highest BCUT2D eigenvalue weighted by Gasteiger charge is 2.18.